The number of alkyl halides is 1. The van der Waals surface area contributed by atoms with Crippen LogP contribution in [-0.2, 0) is 22.4 Å². The Kier molecular flexibility index (Phi) is 12.3. The molecule has 1 aromatic carbocycles. The Morgan fingerprint density at radius 3 is 2.75 bits per heavy atom. The lowest BCUT2D eigenvalue weighted by Gasteiger charge is -2.21. The van der Waals surface area contributed by atoms with Crippen LogP contribution in [0.3, 0.4) is 0 Å². The second-order valence-electron chi connectivity index (χ2n) is 8.83. The molecule has 0 aromatic heterocycles. The maximum atomic E-state index is 10.6. The van der Waals surface area contributed by atoms with Crippen LogP contribution >= 0.6 is 11.6 Å². The molecule has 3 N–H and O–H groups in total. The molecule has 1 aliphatic carbocycles. The molecule has 0 unspecified atom stereocenters. The van der Waals surface area contributed by atoms with Crippen molar-refractivity contribution in [2.75, 3.05) is 13.2 Å². The summed E-state index contributed by atoms with van der Waals surface area (Å²) in [6.45, 7) is 3.40. The SMILES string of the molecule is CCOCCc1cccc(C[C@@H](O)/C=C/[C@@H]2[C@@H](CCCCCCC(=O)O)[C@H](Cl)C[C@H]2O)c1. The van der Waals surface area contributed by atoms with E-state index in [0.717, 1.165) is 37.7 Å². The highest BCUT2D eigenvalue weighted by Crippen LogP contribution is 2.40. The van der Waals surface area contributed by atoms with E-state index < -0.39 is 18.2 Å². The Labute approximate surface area is 197 Å². The molecular formula is C26H39ClO5. The number of unbranched alkanes of at least 4 members (excludes halogenated alkanes) is 3. The van der Waals surface area contributed by atoms with Gasteiger partial charge >= 0.3 is 5.97 Å². The molecule has 180 valence electrons. The third-order valence-corrected chi connectivity index (χ3v) is 6.78. The third-order valence-electron chi connectivity index (χ3n) is 6.28. The summed E-state index contributed by atoms with van der Waals surface area (Å²) in [7, 11) is 0. The molecule has 0 spiro atoms. The lowest BCUT2D eigenvalue weighted by Crippen LogP contribution is -2.19. The molecule has 0 aliphatic heterocycles. The average Bonchev–Trinajstić information content (AvgIpc) is 3.01. The van der Waals surface area contributed by atoms with E-state index in [1.807, 2.05) is 25.1 Å². The van der Waals surface area contributed by atoms with Crippen LogP contribution in [-0.4, -0.2) is 52.1 Å². The van der Waals surface area contributed by atoms with Gasteiger partial charge in [-0.15, -0.1) is 11.6 Å². The number of carboxylic acid groups (broad SMARTS) is 1. The zero-order valence-electron chi connectivity index (χ0n) is 19.2. The fourth-order valence-corrected chi connectivity index (χ4v) is 5.03. The number of rotatable bonds is 15. The van der Waals surface area contributed by atoms with Gasteiger partial charge in [-0.3, -0.25) is 4.79 Å². The maximum Gasteiger partial charge on any atom is 0.303 e. The van der Waals surface area contributed by atoms with Gasteiger partial charge in [-0.2, -0.15) is 0 Å². The molecular weight excluding hydrogens is 428 g/mol. The highest BCUT2D eigenvalue weighted by Gasteiger charge is 2.39. The topological polar surface area (TPSA) is 87.0 Å². The fourth-order valence-electron chi connectivity index (χ4n) is 4.56. The number of aliphatic carboxylic acids is 1. The van der Waals surface area contributed by atoms with Crippen LogP contribution < -0.4 is 0 Å². The minimum absolute atomic E-state index is 0.0521. The molecule has 0 radical (unpaired) electrons. The molecule has 0 bridgehead atoms. The van der Waals surface area contributed by atoms with E-state index in [-0.39, 0.29) is 23.6 Å². The molecule has 1 aromatic rings. The number of ether oxygens (including phenoxy) is 1. The quantitative estimate of drug-likeness (QED) is 0.197. The van der Waals surface area contributed by atoms with Crippen molar-refractivity contribution in [1.29, 1.82) is 0 Å². The predicted molar refractivity (Wildman–Crippen MR) is 128 cm³/mol. The molecule has 0 saturated heterocycles. The summed E-state index contributed by atoms with van der Waals surface area (Å²) in [6, 6.07) is 8.22. The van der Waals surface area contributed by atoms with Crippen LogP contribution in [0.25, 0.3) is 0 Å². The van der Waals surface area contributed by atoms with Gasteiger partial charge in [-0.1, -0.05) is 55.7 Å². The molecule has 32 heavy (non-hydrogen) atoms. The monoisotopic (exact) mass is 466 g/mol. The number of hydrogen-bond acceptors (Lipinski definition) is 4. The van der Waals surface area contributed by atoms with Crippen LogP contribution in [0.4, 0.5) is 0 Å². The van der Waals surface area contributed by atoms with E-state index in [4.69, 9.17) is 21.4 Å². The second kappa shape index (κ2) is 14.7. The summed E-state index contributed by atoms with van der Waals surface area (Å²) in [5.74, 6) is -0.620. The number of benzene rings is 1. The highest BCUT2D eigenvalue weighted by atomic mass is 35.5. The highest BCUT2D eigenvalue weighted by molar-refractivity contribution is 6.21. The Morgan fingerprint density at radius 2 is 2.00 bits per heavy atom. The normalized spacial score (nSPS) is 24.2. The summed E-state index contributed by atoms with van der Waals surface area (Å²) in [5.41, 5.74) is 2.28. The van der Waals surface area contributed by atoms with Gasteiger partial charge in [0.2, 0.25) is 0 Å². The number of hydrogen-bond donors (Lipinski definition) is 3. The van der Waals surface area contributed by atoms with Crippen molar-refractivity contribution in [3.8, 4) is 0 Å². The first-order valence-corrected chi connectivity index (χ1v) is 12.4. The second-order valence-corrected chi connectivity index (χ2v) is 9.39. The number of carboxylic acids is 1. The molecule has 5 nitrogen and oxygen atoms in total. The van der Waals surface area contributed by atoms with Crippen LogP contribution in [0.2, 0.25) is 0 Å². The minimum Gasteiger partial charge on any atom is -0.481 e. The number of aliphatic hydroxyl groups excluding tert-OH is 2. The van der Waals surface area contributed by atoms with Crippen molar-refractivity contribution in [1.82, 2.24) is 0 Å². The Morgan fingerprint density at radius 1 is 1.25 bits per heavy atom. The van der Waals surface area contributed by atoms with Gasteiger partial charge in [0.25, 0.3) is 0 Å². The van der Waals surface area contributed by atoms with Crippen molar-refractivity contribution >= 4 is 17.6 Å². The molecule has 1 saturated carbocycles. The van der Waals surface area contributed by atoms with E-state index in [1.54, 1.807) is 6.08 Å². The number of halogens is 1. The summed E-state index contributed by atoms with van der Waals surface area (Å²) in [6.07, 6.45) is 9.28. The molecule has 1 fully saturated rings. The lowest BCUT2D eigenvalue weighted by atomic mass is 9.88. The zero-order valence-corrected chi connectivity index (χ0v) is 19.9. The standard InChI is InChI=1S/C26H39ClO5/c1-2-32-15-14-19-8-7-9-20(16-19)17-21(28)12-13-23-22(24(27)18-25(23)29)10-5-3-4-6-11-26(30)31/h7-9,12-13,16,21-25,28-29H,2-6,10-11,14-15,17-18H2,1H3,(H,30,31)/b13-12+/t21-,22+,23+,24+,25+/m0/s1. The summed E-state index contributed by atoms with van der Waals surface area (Å²) < 4.78 is 5.42. The van der Waals surface area contributed by atoms with Gasteiger partial charge in [0.05, 0.1) is 18.8 Å². The van der Waals surface area contributed by atoms with E-state index in [9.17, 15) is 15.0 Å². The first kappa shape index (κ1) is 26.8. The van der Waals surface area contributed by atoms with Crippen LogP contribution in [0.5, 0.6) is 0 Å². The first-order valence-electron chi connectivity index (χ1n) is 12.0. The predicted octanol–water partition coefficient (Wildman–Crippen LogP) is 4.75. The molecule has 0 amide bonds. The van der Waals surface area contributed by atoms with E-state index in [1.165, 1.54) is 5.56 Å². The van der Waals surface area contributed by atoms with Crippen LogP contribution in [0.15, 0.2) is 36.4 Å². The first-order chi connectivity index (χ1) is 15.4. The van der Waals surface area contributed by atoms with Crippen LogP contribution in [0, 0.1) is 11.8 Å². The zero-order chi connectivity index (χ0) is 23.3. The van der Waals surface area contributed by atoms with Gasteiger partial charge in [-0.05, 0) is 49.7 Å². The Balaban J connectivity index is 1.83. The van der Waals surface area contributed by atoms with E-state index in [0.29, 0.717) is 32.5 Å². The fraction of sp³-hybridized carbons (Fsp3) is 0.654. The van der Waals surface area contributed by atoms with Crippen molar-refractivity contribution in [3.63, 3.8) is 0 Å². The van der Waals surface area contributed by atoms with Crippen molar-refractivity contribution < 1.29 is 24.9 Å². The van der Waals surface area contributed by atoms with E-state index >= 15 is 0 Å². The van der Waals surface area contributed by atoms with Crippen molar-refractivity contribution in [2.45, 2.75) is 82.3 Å². The summed E-state index contributed by atoms with van der Waals surface area (Å²) in [5, 5.41) is 29.7. The molecule has 2 rings (SSSR count). The van der Waals surface area contributed by atoms with Gasteiger partial charge in [0.15, 0.2) is 0 Å². The Hall–Kier alpha value is -1.40. The average molecular weight is 467 g/mol. The number of carbonyl (C=O) groups is 1. The van der Waals surface area contributed by atoms with Crippen molar-refractivity contribution in [2.24, 2.45) is 11.8 Å². The molecule has 6 heteroatoms. The number of aliphatic hydroxyl groups is 2. The van der Waals surface area contributed by atoms with Gasteiger partial charge < -0.3 is 20.1 Å². The Bertz CT molecular complexity index is 707. The van der Waals surface area contributed by atoms with Gasteiger partial charge in [0.1, 0.15) is 0 Å². The van der Waals surface area contributed by atoms with Crippen molar-refractivity contribution in [3.05, 3.63) is 47.5 Å². The van der Waals surface area contributed by atoms with Gasteiger partial charge in [-0.25, -0.2) is 0 Å². The largest absolute Gasteiger partial charge is 0.481 e. The minimum atomic E-state index is -0.745. The summed E-state index contributed by atoms with van der Waals surface area (Å²) in [4.78, 5) is 10.6. The molecule has 1 aliphatic rings. The maximum absolute atomic E-state index is 10.6. The van der Waals surface area contributed by atoms with Gasteiger partial charge in [0, 0.05) is 30.7 Å². The third kappa shape index (κ3) is 9.62. The van der Waals surface area contributed by atoms with E-state index in [2.05, 4.69) is 12.1 Å². The smallest absolute Gasteiger partial charge is 0.303 e. The molecule has 5 atom stereocenters. The van der Waals surface area contributed by atoms with Crippen LogP contribution in [0.1, 0.15) is 63.0 Å². The summed E-state index contributed by atoms with van der Waals surface area (Å²) >= 11 is 6.52. The lowest BCUT2D eigenvalue weighted by molar-refractivity contribution is -0.137. The molecule has 0 heterocycles.